The van der Waals surface area contributed by atoms with Crippen molar-refractivity contribution < 1.29 is 19.1 Å². The summed E-state index contributed by atoms with van der Waals surface area (Å²) < 4.78 is 11.4. The third kappa shape index (κ3) is 4.38. The van der Waals surface area contributed by atoms with Crippen LogP contribution in [0.4, 0.5) is 4.79 Å². The minimum absolute atomic E-state index is 0.0293. The van der Waals surface area contributed by atoms with E-state index in [9.17, 15) is 9.59 Å². The van der Waals surface area contributed by atoms with Crippen LogP contribution in [0.5, 0.6) is 0 Å². The van der Waals surface area contributed by atoms with Crippen molar-refractivity contribution in [1.29, 1.82) is 0 Å². The summed E-state index contributed by atoms with van der Waals surface area (Å²) in [5, 5.41) is 2.75. The van der Waals surface area contributed by atoms with Gasteiger partial charge in [-0.1, -0.05) is 81.4 Å². The molecule has 2 aromatic carbocycles. The number of ether oxygens (including phenoxy) is 2. The number of rotatable bonds is 7. The first kappa shape index (κ1) is 22.4. The summed E-state index contributed by atoms with van der Waals surface area (Å²) in [6.07, 6.45) is 2.77. The van der Waals surface area contributed by atoms with Gasteiger partial charge in [-0.05, 0) is 41.7 Å². The van der Waals surface area contributed by atoms with Crippen LogP contribution in [0.25, 0.3) is 0 Å². The number of carbonyl (C=O) groups is 2. The summed E-state index contributed by atoms with van der Waals surface area (Å²) in [5.74, 6) is 0.182. The van der Waals surface area contributed by atoms with Crippen molar-refractivity contribution in [2.24, 2.45) is 16.7 Å². The van der Waals surface area contributed by atoms with Crippen LogP contribution in [0.2, 0.25) is 0 Å². The molecule has 2 aliphatic rings. The minimum atomic E-state index is -0.800. The third-order valence-corrected chi connectivity index (χ3v) is 8.04. The number of alkyl carbamates (subject to hydrolysis) is 1. The molecule has 1 amide bonds. The molecule has 1 unspecified atom stereocenters. The van der Waals surface area contributed by atoms with E-state index in [1.165, 1.54) is 6.42 Å². The van der Waals surface area contributed by atoms with Crippen molar-refractivity contribution in [2.45, 2.75) is 65.2 Å². The highest BCUT2D eigenvalue weighted by Crippen LogP contribution is 2.66. The Morgan fingerprint density at radius 1 is 1.00 bits per heavy atom. The molecule has 2 fully saturated rings. The highest BCUT2D eigenvalue weighted by Gasteiger charge is 2.63. The van der Waals surface area contributed by atoms with Crippen LogP contribution in [-0.4, -0.2) is 24.2 Å². The van der Waals surface area contributed by atoms with Gasteiger partial charge in [0.05, 0.1) is 0 Å². The molecular weight excluding hydrogens is 402 g/mol. The van der Waals surface area contributed by atoms with Gasteiger partial charge >= 0.3 is 12.1 Å². The summed E-state index contributed by atoms with van der Waals surface area (Å²) in [5.41, 5.74) is 1.96. The van der Waals surface area contributed by atoms with E-state index in [1.54, 1.807) is 0 Å². The van der Waals surface area contributed by atoms with Gasteiger partial charge in [0.25, 0.3) is 0 Å². The maximum Gasteiger partial charge on any atom is 0.408 e. The molecule has 0 heterocycles. The van der Waals surface area contributed by atoms with Crippen molar-refractivity contribution >= 4 is 12.1 Å². The first-order chi connectivity index (χ1) is 15.3. The standard InChI is InChI=1S/C27H33NO4/c1-26(2)21-14-15-27(26,3)23(17-21)32-24(29)22(16-19-10-6-4-7-11-19)28-25(30)31-18-20-12-8-5-9-13-20/h4-13,21-23H,14-18H2,1-3H3,(H,28,30)/t21?,22-,23+,27+/m0/s1. The van der Waals surface area contributed by atoms with Gasteiger partial charge in [-0.15, -0.1) is 0 Å². The number of hydrogen-bond acceptors (Lipinski definition) is 4. The van der Waals surface area contributed by atoms with Gasteiger partial charge in [0, 0.05) is 11.8 Å². The van der Waals surface area contributed by atoms with E-state index in [0.29, 0.717) is 12.3 Å². The van der Waals surface area contributed by atoms with E-state index in [1.807, 2.05) is 60.7 Å². The van der Waals surface area contributed by atoms with Crippen LogP contribution in [0, 0.1) is 16.7 Å². The Hall–Kier alpha value is -2.82. The molecular formula is C27H33NO4. The Bertz CT molecular complexity index is 943. The zero-order valence-corrected chi connectivity index (χ0v) is 19.2. The number of amides is 1. The van der Waals surface area contributed by atoms with E-state index >= 15 is 0 Å². The number of esters is 1. The molecule has 5 nitrogen and oxygen atoms in total. The molecule has 32 heavy (non-hydrogen) atoms. The van der Waals surface area contributed by atoms with E-state index in [-0.39, 0.29) is 29.5 Å². The molecule has 2 aromatic rings. The Kier molecular flexibility index (Phi) is 6.27. The van der Waals surface area contributed by atoms with Crippen molar-refractivity contribution in [3.05, 3.63) is 71.8 Å². The fourth-order valence-corrected chi connectivity index (χ4v) is 5.48. The van der Waals surface area contributed by atoms with Gasteiger partial charge in [-0.3, -0.25) is 0 Å². The van der Waals surface area contributed by atoms with Crippen LogP contribution in [0.3, 0.4) is 0 Å². The molecule has 2 aliphatic carbocycles. The molecule has 170 valence electrons. The molecule has 5 heteroatoms. The van der Waals surface area contributed by atoms with Gasteiger partial charge in [-0.2, -0.15) is 0 Å². The SMILES string of the molecule is CC1(C)C2CC[C@]1(C)[C@H](OC(=O)[C@H](Cc1ccccc1)NC(=O)OCc1ccccc1)C2. The number of nitrogens with one attached hydrogen (secondary N) is 1. The van der Waals surface area contributed by atoms with Crippen molar-refractivity contribution in [2.75, 3.05) is 0 Å². The van der Waals surface area contributed by atoms with Gasteiger partial charge in [0.15, 0.2) is 0 Å². The molecule has 4 atom stereocenters. The van der Waals surface area contributed by atoms with Crippen LogP contribution >= 0.6 is 0 Å². The predicted octanol–water partition coefficient (Wildman–Crippen LogP) is 5.28. The van der Waals surface area contributed by atoms with E-state index in [4.69, 9.17) is 9.47 Å². The lowest BCUT2D eigenvalue weighted by molar-refractivity contribution is -0.159. The molecule has 0 spiro atoms. The van der Waals surface area contributed by atoms with Crippen molar-refractivity contribution in [3.8, 4) is 0 Å². The average molecular weight is 436 g/mol. The van der Waals surface area contributed by atoms with Gasteiger partial charge in [0.1, 0.15) is 18.8 Å². The normalized spacial score (nSPS) is 26.3. The summed E-state index contributed by atoms with van der Waals surface area (Å²) in [6.45, 7) is 6.97. The lowest BCUT2D eigenvalue weighted by Gasteiger charge is -2.38. The van der Waals surface area contributed by atoms with E-state index in [0.717, 1.165) is 24.0 Å². The lowest BCUT2D eigenvalue weighted by Crippen LogP contribution is -2.47. The van der Waals surface area contributed by atoms with E-state index < -0.39 is 12.1 Å². The van der Waals surface area contributed by atoms with Crippen molar-refractivity contribution in [3.63, 3.8) is 0 Å². The molecule has 1 N–H and O–H groups in total. The average Bonchev–Trinajstić information content (AvgIpc) is 3.12. The smallest absolute Gasteiger partial charge is 0.408 e. The molecule has 2 bridgehead atoms. The maximum atomic E-state index is 13.3. The monoisotopic (exact) mass is 435 g/mol. The number of carbonyl (C=O) groups excluding carboxylic acids is 2. The quantitative estimate of drug-likeness (QED) is 0.601. The third-order valence-electron chi connectivity index (χ3n) is 8.04. The molecule has 4 rings (SSSR count). The highest BCUT2D eigenvalue weighted by atomic mass is 16.6. The second-order valence-electron chi connectivity index (χ2n) is 9.98. The van der Waals surface area contributed by atoms with E-state index in [2.05, 4.69) is 26.1 Å². The van der Waals surface area contributed by atoms with Crippen LogP contribution in [0.15, 0.2) is 60.7 Å². The number of fused-ring (bicyclic) bond motifs is 2. The molecule has 0 saturated heterocycles. The molecule has 2 saturated carbocycles. The Balaban J connectivity index is 1.43. The van der Waals surface area contributed by atoms with Crippen LogP contribution in [0.1, 0.15) is 51.2 Å². The Morgan fingerprint density at radius 2 is 1.62 bits per heavy atom. The summed E-state index contributed by atoms with van der Waals surface area (Å²) in [4.78, 5) is 25.8. The fourth-order valence-electron chi connectivity index (χ4n) is 5.48. The summed E-state index contributed by atoms with van der Waals surface area (Å²) in [6, 6.07) is 18.3. The second kappa shape index (κ2) is 8.97. The van der Waals surface area contributed by atoms with Gasteiger partial charge in [0.2, 0.25) is 0 Å². The number of hydrogen-bond donors (Lipinski definition) is 1. The Labute approximate surface area is 190 Å². The summed E-state index contributed by atoms with van der Waals surface area (Å²) in [7, 11) is 0. The zero-order valence-electron chi connectivity index (χ0n) is 19.2. The molecule has 0 aromatic heterocycles. The highest BCUT2D eigenvalue weighted by molar-refractivity contribution is 5.82. The summed E-state index contributed by atoms with van der Waals surface area (Å²) >= 11 is 0. The maximum absolute atomic E-state index is 13.3. The second-order valence-corrected chi connectivity index (χ2v) is 9.98. The van der Waals surface area contributed by atoms with Gasteiger partial charge in [-0.25, -0.2) is 9.59 Å². The van der Waals surface area contributed by atoms with Crippen molar-refractivity contribution in [1.82, 2.24) is 5.32 Å². The first-order valence-corrected chi connectivity index (χ1v) is 11.5. The number of benzene rings is 2. The minimum Gasteiger partial charge on any atom is -0.460 e. The first-order valence-electron chi connectivity index (χ1n) is 11.5. The van der Waals surface area contributed by atoms with Gasteiger partial charge < -0.3 is 14.8 Å². The van der Waals surface area contributed by atoms with Crippen LogP contribution in [-0.2, 0) is 27.3 Å². The zero-order chi connectivity index (χ0) is 22.8. The lowest BCUT2D eigenvalue weighted by atomic mass is 9.70. The Morgan fingerprint density at radius 3 is 2.19 bits per heavy atom. The largest absolute Gasteiger partial charge is 0.460 e. The molecule has 0 radical (unpaired) electrons. The predicted molar refractivity (Wildman–Crippen MR) is 123 cm³/mol. The topological polar surface area (TPSA) is 64.6 Å². The van der Waals surface area contributed by atoms with Crippen LogP contribution < -0.4 is 5.32 Å². The fraction of sp³-hybridized carbons (Fsp3) is 0.481. The molecule has 0 aliphatic heterocycles.